The average Bonchev–Trinajstić information content (AvgIpc) is 3.05. The van der Waals surface area contributed by atoms with E-state index in [0.29, 0.717) is 11.6 Å². The maximum absolute atomic E-state index is 13.0. The van der Waals surface area contributed by atoms with Crippen molar-refractivity contribution in [3.63, 3.8) is 0 Å². The molecule has 1 aliphatic rings. The van der Waals surface area contributed by atoms with Gasteiger partial charge in [-0.25, -0.2) is 19.3 Å². The molecule has 6 nitrogen and oxygen atoms in total. The molecule has 1 fully saturated rings. The van der Waals surface area contributed by atoms with Crippen LogP contribution in [-0.4, -0.2) is 31.5 Å². The van der Waals surface area contributed by atoms with E-state index in [-0.39, 0.29) is 23.6 Å². The minimum atomic E-state index is -0.281. The van der Waals surface area contributed by atoms with Crippen molar-refractivity contribution in [2.75, 3.05) is 0 Å². The quantitative estimate of drug-likeness (QED) is 0.784. The Kier molecular flexibility index (Phi) is 4.20. The van der Waals surface area contributed by atoms with Gasteiger partial charge in [0.1, 0.15) is 5.82 Å². The van der Waals surface area contributed by atoms with Gasteiger partial charge in [-0.15, -0.1) is 0 Å². The highest BCUT2D eigenvalue weighted by atomic mass is 19.1. The first-order chi connectivity index (χ1) is 12.6. The van der Waals surface area contributed by atoms with Crippen molar-refractivity contribution >= 4 is 5.91 Å². The first-order valence-electron chi connectivity index (χ1n) is 8.46. The van der Waals surface area contributed by atoms with Crippen molar-refractivity contribution in [2.45, 2.75) is 24.8 Å². The number of carbonyl (C=O) groups is 1. The van der Waals surface area contributed by atoms with Crippen LogP contribution in [0, 0.1) is 5.82 Å². The first kappa shape index (κ1) is 16.4. The Morgan fingerprint density at radius 1 is 1.23 bits per heavy atom. The van der Waals surface area contributed by atoms with Crippen LogP contribution in [0.15, 0.2) is 49.1 Å². The molecule has 1 aromatic carbocycles. The highest BCUT2D eigenvalue weighted by Crippen LogP contribution is 2.36. The van der Waals surface area contributed by atoms with Crippen LogP contribution in [-0.2, 0) is 7.05 Å². The zero-order chi connectivity index (χ0) is 18.1. The summed E-state index contributed by atoms with van der Waals surface area (Å²) in [5.74, 6) is -0.0171. The third-order valence-electron chi connectivity index (χ3n) is 4.75. The first-order valence-corrected chi connectivity index (χ1v) is 8.46. The fourth-order valence-electron chi connectivity index (χ4n) is 3.21. The zero-order valence-electron chi connectivity index (χ0n) is 14.3. The van der Waals surface area contributed by atoms with Crippen LogP contribution in [0.3, 0.4) is 0 Å². The summed E-state index contributed by atoms with van der Waals surface area (Å²) >= 11 is 0. The van der Waals surface area contributed by atoms with Crippen LogP contribution < -0.4 is 5.32 Å². The van der Waals surface area contributed by atoms with Crippen molar-refractivity contribution in [3.05, 3.63) is 66.3 Å². The molecule has 1 saturated carbocycles. The molecule has 4 rings (SSSR count). The molecule has 2 heterocycles. The van der Waals surface area contributed by atoms with Gasteiger partial charge in [0.2, 0.25) is 5.82 Å². The molecule has 0 spiro atoms. The van der Waals surface area contributed by atoms with E-state index < -0.39 is 0 Å². The summed E-state index contributed by atoms with van der Waals surface area (Å²) in [4.78, 5) is 24.9. The van der Waals surface area contributed by atoms with Crippen LogP contribution >= 0.6 is 0 Å². The molecule has 0 saturated heterocycles. The molecule has 1 aliphatic carbocycles. The third kappa shape index (κ3) is 3.20. The van der Waals surface area contributed by atoms with E-state index in [9.17, 15) is 9.18 Å². The number of nitrogens with zero attached hydrogens (tertiary/aromatic N) is 4. The van der Waals surface area contributed by atoms with E-state index in [1.54, 1.807) is 36.9 Å². The Balaban J connectivity index is 1.39. The van der Waals surface area contributed by atoms with E-state index in [0.717, 1.165) is 24.1 Å². The topological polar surface area (TPSA) is 72.7 Å². The molecule has 1 N–H and O–H groups in total. The van der Waals surface area contributed by atoms with E-state index >= 15 is 0 Å². The fraction of sp³-hybridized carbons (Fsp3) is 0.263. The van der Waals surface area contributed by atoms with Crippen molar-refractivity contribution in [2.24, 2.45) is 7.05 Å². The molecular formula is C19H18FN5O. The second kappa shape index (κ2) is 6.67. The van der Waals surface area contributed by atoms with E-state index in [1.165, 1.54) is 12.1 Å². The van der Waals surface area contributed by atoms with Gasteiger partial charge in [-0.2, -0.15) is 0 Å². The number of carbonyl (C=O) groups excluding carboxylic acids is 1. The summed E-state index contributed by atoms with van der Waals surface area (Å²) in [5, 5.41) is 2.97. The Labute approximate surface area is 150 Å². The summed E-state index contributed by atoms with van der Waals surface area (Å²) in [7, 11) is 1.87. The van der Waals surface area contributed by atoms with E-state index in [1.807, 2.05) is 11.6 Å². The Hall–Kier alpha value is -3.09. The molecule has 0 radical (unpaired) electrons. The predicted molar refractivity (Wildman–Crippen MR) is 93.9 cm³/mol. The second-order valence-corrected chi connectivity index (χ2v) is 6.55. The van der Waals surface area contributed by atoms with Gasteiger partial charge in [0.25, 0.3) is 5.91 Å². The molecule has 0 atom stereocenters. The van der Waals surface area contributed by atoms with Gasteiger partial charge in [-0.3, -0.25) is 4.79 Å². The summed E-state index contributed by atoms with van der Waals surface area (Å²) in [6.07, 6.45) is 6.62. The Bertz CT molecular complexity index is 931. The second-order valence-electron chi connectivity index (χ2n) is 6.55. The molecule has 26 heavy (non-hydrogen) atoms. The molecular weight excluding hydrogens is 333 g/mol. The van der Waals surface area contributed by atoms with Crippen molar-refractivity contribution in [1.29, 1.82) is 0 Å². The average molecular weight is 351 g/mol. The molecule has 0 unspecified atom stereocenters. The maximum Gasteiger partial charge on any atom is 0.289 e. The van der Waals surface area contributed by atoms with Crippen molar-refractivity contribution in [1.82, 2.24) is 24.8 Å². The van der Waals surface area contributed by atoms with Crippen LogP contribution in [0.2, 0.25) is 0 Å². The molecule has 132 valence electrons. The van der Waals surface area contributed by atoms with Crippen molar-refractivity contribution in [3.8, 4) is 11.4 Å². The summed E-state index contributed by atoms with van der Waals surface area (Å²) < 4.78 is 14.8. The molecule has 0 aliphatic heterocycles. The summed E-state index contributed by atoms with van der Waals surface area (Å²) in [5.41, 5.74) is 2.58. The number of rotatable bonds is 4. The normalized spacial score (nSPS) is 19.0. The van der Waals surface area contributed by atoms with Gasteiger partial charge < -0.3 is 9.88 Å². The Morgan fingerprint density at radius 2 is 2.00 bits per heavy atom. The smallest absolute Gasteiger partial charge is 0.289 e. The van der Waals surface area contributed by atoms with Gasteiger partial charge in [-0.1, -0.05) is 12.1 Å². The molecule has 3 aromatic rings. The fourth-order valence-corrected chi connectivity index (χ4v) is 3.21. The largest absolute Gasteiger partial charge is 0.347 e. The lowest BCUT2D eigenvalue weighted by molar-refractivity contribution is 0.0898. The van der Waals surface area contributed by atoms with Crippen LogP contribution in [0.5, 0.6) is 0 Å². The van der Waals surface area contributed by atoms with Gasteiger partial charge in [-0.05, 0) is 42.5 Å². The number of amides is 1. The summed E-state index contributed by atoms with van der Waals surface area (Å²) in [6, 6.07) is 8.39. The lowest BCUT2D eigenvalue weighted by Crippen LogP contribution is -2.43. The zero-order valence-corrected chi connectivity index (χ0v) is 14.3. The van der Waals surface area contributed by atoms with Crippen LogP contribution in [0.1, 0.15) is 34.9 Å². The molecule has 2 aromatic heterocycles. The number of aryl methyl sites for hydroxylation is 1. The van der Waals surface area contributed by atoms with E-state index in [2.05, 4.69) is 20.3 Å². The number of nitrogens with one attached hydrogen (secondary N) is 1. The Morgan fingerprint density at radius 3 is 2.69 bits per heavy atom. The highest BCUT2D eigenvalue weighted by Gasteiger charge is 2.32. The predicted octanol–water partition coefficient (Wildman–Crippen LogP) is 2.69. The highest BCUT2D eigenvalue weighted by molar-refractivity contribution is 5.91. The standard InChI is InChI=1S/C19H18FN5O/c1-25-11-21-10-17(25)16-6-7-22-18(24-16)19(26)23-15-8-13(9-15)12-2-4-14(20)5-3-12/h2-7,10-11,13,15H,8-9H2,1H3,(H,23,26). The lowest BCUT2D eigenvalue weighted by atomic mass is 9.76. The van der Waals surface area contributed by atoms with Crippen LogP contribution in [0.4, 0.5) is 4.39 Å². The number of aromatic nitrogens is 4. The van der Waals surface area contributed by atoms with Gasteiger partial charge in [0.15, 0.2) is 0 Å². The number of imidazole rings is 1. The summed E-state index contributed by atoms with van der Waals surface area (Å²) in [6.45, 7) is 0. The number of halogens is 1. The third-order valence-corrected chi connectivity index (χ3v) is 4.75. The molecule has 7 heteroatoms. The lowest BCUT2D eigenvalue weighted by Gasteiger charge is -2.36. The van der Waals surface area contributed by atoms with Crippen molar-refractivity contribution < 1.29 is 9.18 Å². The van der Waals surface area contributed by atoms with Gasteiger partial charge in [0, 0.05) is 19.3 Å². The van der Waals surface area contributed by atoms with Crippen LogP contribution in [0.25, 0.3) is 11.4 Å². The minimum Gasteiger partial charge on any atom is -0.347 e. The number of hydrogen-bond donors (Lipinski definition) is 1. The number of benzene rings is 1. The molecule has 1 amide bonds. The maximum atomic E-state index is 13.0. The van der Waals surface area contributed by atoms with Gasteiger partial charge >= 0.3 is 0 Å². The van der Waals surface area contributed by atoms with Gasteiger partial charge in [0.05, 0.1) is 23.9 Å². The minimum absolute atomic E-state index is 0.0847. The van der Waals surface area contributed by atoms with E-state index in [4.69, 9.17) is 0 Å². The SMILES string of the molecule is Cn1cncc1-c1ccnc(C(=O)NC2CC(c3ccc(F)cc3)C2)n1. The molecule has 0 bridgehead atoms. The number of hydrogen-bond acceptors (Lipinski definition) is 4. The monoisotopic (exact) mass is 351 g/mol.